The van der Waals surface area contributed by atoms with Gasteiger partial charge in [0, 0.05) is 36.6 Å². The summed E-state index contributed by atoms with van der Waals surface area (Å²) >= 11 is 1.39. The molecule has 0 bridgehead atoms. The molecule has 2 fully saturated rings. The fraction of sp³-hybridized carbons (Fsp3) is 0.421. The summed E-state index contributed by atoms with van der Waals surface area (Å²) in [6.45, 7) is 1.13. The third-order valence-corrected chi connectivity index (χ3v) is 6.00. The van der Waals surface area contributed by atoms with Crippen LogP contribution in [-0.4, -0.2) is 40.8 Å². The number of nitrogens with one attached hydrogen (secondary N) is 3. The van der Waals surface area contributed by atoms with Crippen LogP contribution in [-0.2, 0) is 9.59 Å². The number of carbonyl (C=O) groups excluding carboxylic acids is 2. The molecule has 2 saturated heterocycles. The van der Waals surface area contributed by atoms with Gasteiger partial charge in [0.1, 0.15) is 11.9 Å². The van der Waals surface area contributed by atoms with Crippen LogP contribution < -0.4 is 16.2 Å². The summed E-state index contributed by atoms with van der Waals surface area (Å²) in [7, 11) is 0. The fourth-order valence-electron chi connectivity index (χ4n) is 3.71. The topological polar surface area (TPSA) is 86.4 Å². The predicted molar refractivity (Wildman–Crippen MR) is 104 cm³/mol. The lowest BCUT2D eigenvalue weighted by atomic mass is 9.95. The summed E-state index contributed by atoms with van der Waals surface area (Å²) in [5, 5.41) is 5.26. The Labute approximate surface area is 166 Å². The van der Waals surface area contributed by atoms with Crippen molar-refractivity contribution < 1.29 is 14.0 Å². The van der Waals surface area contributed by atoms with Gasteiger partial charge >= 0.3 is 0 Å². The van der Waals surface area contributed by atoms with E-state index in [1.807, 2.05) is 10.3 Å². The lowest BCUT2D eigenvalue weighted by Crippen LogP contribution is -2.49. The maximum atomic E-state index is 13.1. The first-order valence-electron chi connectivity index (χ1n) is 9.36. The molecule has 2 aliphatic heterocycles. The highest BCUT2D eigenvalue weighted by atomic mass is 32.1. The Kier molecular flexibility index (Phi) is 5.65. The first-order chi connectivity index (χ1) is 13.6. The summed E-state index contributed by atoms with van der Waals surface area (Å²) in [5.74, 6) is -0.367. The van der Waals surface area contributed by atoms with Gasteiger partial charge in [-0.2, -0.15) is 0 Å². The van der Waals surface area contributed by atoms with Crippen LogP contribution in [0.1, 0.15) is 30.9 Å². The number of piperidine rings is 1. The summed E-state index contributed by atoms with van der Waals surface area (Å²) in [6.07, 6.45) is 3.55. The van der Waals surface area contributed by atoms with Crippen molar-refractivity contribution in [1.82, 2.24) is 20.7 Å². The number of amides is 2. The molecule has 0 aliphatic carbocycles. The Hall–Kier alpha value is -2.36. The molecular weight excluding hydrogens is 381 g/mol. The molecule has 3 heterocycles. The Morgan fingerprint density at radius 2 is 1.93 bits per heavy atom. The molecular formula is C19H22FN5O2S. The first kappa shape index (κ1) is 19.0. The van der Waals surface area contributed by atoms with Gasteiger partial charge in [-0.05, 0) is 37.0 Å². The molecule has 0 spiro atoms. The van der Waals surface area contributed by atoms with E-state index in [-0.39, 0.29) is 35.6 Å². The molecule has 148 valence electrons. The second kappa shape index (κ2) is 8.34. The molecule has 9 heteroatoms. The van der Waals surface area contributed by atoms with Crippen LogP contribution >= 0.6 is 11.3 Å². The van der Waals surface area contributed by atoms with Crippen LogP contribution in [0.5, 0.6) is 0 Å². The van der Waals surface area contributed by atoms with Crippen molar-refractivity contribution in [2.75, 3.05) is 18.4 Å². The van der Waals surface area contributed by atoms with Crippen molar-refractivity contribution in [3.05, 3.63) is 47.2 Å². The molecule has 1 aromatic carbocycles. The third kappa shape index (κ3) is 4.21. The Morgan fingerprint density at radius 1 is 1.18 bits per heavy atom. The van der Waals surface area contributed by atoms with Gasteiger partial charge in [-0.25, -0.2) is 20.2 Å². The number of likely N-dealkylation sites (tertiary alicyclic amines) is 1. The number of carbonyl (C=O) groups is 2. The zero-order chi connectivity index (χ0) is 19.5. The Balaban J connectivity index is 1.27. The maximum absolute atomic E-state index is 13.1. The van der Waals surface area contributed by atoms with E-state index in [9.17, 15) is 14.0 Å². The van der Waals surface area contributed by atoms with Gasteiger partial charge in [0.05, 0.1) is 0 Å². The number of aromatic nitrogens is 1. The number of nitrogens with zero attached hydrogens (tertiary/aromatic N) is 2. The van der Waals surface area contributed by atoms with Crippen LogP contribution in [0.2, 0.25) is 0 Å². The van der Waals surface area contributed by atoms with Gasteiger partial charge in [0.2, 0.25) is 11.8 Å². The van der Waals surface area contributed by atoms with Crippen molar-refractivity contribution >= 4 is 28.3 Å². The maximum Gasteiger partial charge on any atom is 0.241 e. The van der Waals surface area contributed by atoms with Crippen molar-refractivity contribution in [1.29, 1.82) is 0 Å². The van der Waals surface area contributed by atoms with Gasteiger partial charge in [0.25, 0.3) is 0 Å². The molecule has 28 heavy (non-hydrogen) atoms. The van der Waals surface area contributed by atoms with Crippen molar-refractivity contribution in [2.45, 2.75) is 31.3 Å². The zero-order valence-corrected chi connectivity index (χ0v) is 16.0. The van der Waals surface area contributed by atoms with E-state index < -0.39 is 0 Å². The Bertz CT molecular complexity index is 821. The molecule has 2 amide bonds. The van der Waals surface area contributed by atoms with Crippen LogP contribution in [0.3, 0.4) is 0 Å². The minimum Gasteiger partial charge on any atom is -0.341 e. The molecule has 1 aromatic heterocycles. The monoisotopic (exact) mass is 403 g/mol. The molecule has 7 nitrogen and oxygen atoms in total. The Morgan fingerprint density at radius 3 is 2.61 bits per heavy atom. The highest BCUT2D eigenvalue weighted by Crippen LogP contribution is 2.25. The minimum atomic E-state index is -0.323. The van der Waals surface area contributed by atoms with Crippen LogP contribution in [0.15, 0.2) is 35.8 Å². The normalized spacial score (nSPS) is 23.0. The van der Waals surface area contributed by atoms with E-state index in [1.54, 1.807) is 18.3 Å². The van der Waals surface area contributed by atoms with E-state index >= 15 is 0 Å². The quantitative estimate of drug-likeness (QED) is 0.728. The fourth-order valence-corrected chi connectivity index (χ4v) is 4.24. The number of anilines is 1. The summed E-state index contributed by atoms with van der Waals surface area (Å²) in [5.41, 5.74) is 7.13. The number of halogens is 1. The summed E-state index contributed by atoms with van der Waals surface area (Å²) in [6, 6.07) is 5.95. The second-order valence-electron chi connectivity index (χ2n) is 7.11. The predicted octanol–water partition coefficient (Wildman–Crippen LogP) is 2.07. The van der Waals surface area contributed by atoms with Crippen molar-refractivity contribution in [2.24, 2.45) is 5.92 Å². The van der Waals surface area contributed by atoms with Gasteiger partial charge in [-0.15, -0.1) is 11.3 Å². The molecule has 0 saturated carbocycles. The third-order valence-electron chi connectivity index (χ3n) is 5.31. The van der Waals surface area contributed by atoms with Crippen LogP contribution in [0, 0.1) is 11.7 Å². The van der Waals surface area contributed by atoms with Crippen LogP contribution in [0.25, 0.3) is 0 Å². The average molecular weight is 403 g/mol. The summed E-state index contributed by atoms with van der Waals surface area (Å²) in [4.78, 5) is 31.0. The zero-order valence-electron chi connectivity index (χ0n) is 15.2. The number of hydrazine groups is 1. The number of rotatable bonds is 4. The SMILES string of the molecule is O=C(Nc1nccs1)C1CCN(C(=O)C2CC(c3ccc(F)cc3)NN2)CC1. The minimum absolute atomic E-state index is 0.0286. The van der Waals surface area contributed by atoms with Gasteiger partial charge in [-0.3, -0.25) is 9.59 Å². The number of hydrogen-bond acceptors (Lipinski definition) is 6. The average Bonchev–Trinajstić information content (AvgIpc) is 3.40. The van der Waals surface area contributed by atoms with E-state index in [0.717, 1.165) is 5.56 Å². The van der Waals surface area contributed by atoms with Crippen molar-refractivity contribution in [3.63, 3.8) is 0 Å². The van der Waals surface area contributed by atoms with E-state index in [1.165, 1.54) is 23.5 Å². The number of hydrogen-bond donors (Lipinski definition) is 3. The second-order valence-corrected chi connectivity index (χ2v) is 8.00. The van der Waals surface area contributed by atoms with Gasteiger partial charge in [-0.1, -0.05) is 12.1 Å². The molecule has 2 unspecified atom stereocenters. The van der Waals surface area contributed by atoms with E-state index in [4.69, 9.17) is 0 Å². The highest BCUT2D eigenvalue weighted by molar-refractivity contribution is 7.13. The van der Waals surface area contributed by atoms with Crippen LogP contribution in [0.4, 0.5) is 9.52 Å². The van der Waals surface area contributed by atoms with Gasteiger partial charge < -0.3 is 10.2 Å². The lowest BCUT2D eigenvalue weighted by Gasteiger charge is -2.32. The standard InChI is InChI=1S/C19H22FN5O2S/c20-14-3-1-12(2-4-14)15-11-16(24-23-15)18(27)25-8-5-13(6-9-25)17(26)22-19-21-7-10-28-19/h1-4,7,10,13,15-16,23-24H,5-6,8-9,11H2,(H,21,22,26). The molecule has 2 atom stereocenters. The van der Waals surface area contributed by atoms with Crippen molar-refractivity contribution in [3.8, 4) is 0 Å². The molecule has 2 aliphatic rings. The first-order valence-corrected chi connectivity index (χ1v) is 10.2. The summed E-state index contributed by atoms with van der Waals surface area (Å²) < 4.78 is 13.1. The molecule has 3 N–H and O–H groups in total. The van der Waals surface area contributed by atoms with Gasteiger partial charge in [0.15, 0.2) is 5.13 Å². The number of thiazole rings is 1. The lowest BCUT2D eigenvalue weighted by molar-refractivity contribution is -0.136. The van der Waals surface area contributed by atoms with E-state index in [2.05, 4.69) is 21.2 Å². The largest absolute Gasteiger partial charge is 0.341 e. The van der Waals surface area contributed by atoms with E-state index in [0.29, 0.717) is 37.5 Å². The molecule has 4 rings (SSSR count). The highest BCUT2D eigenvalue weighted by Gasteiger charge is 2.35. The smallest absolute Gasteiger partial charge is 0.241 e. The molecule has 0 radical (unpaired) electrons. The number of benzene rings is 1. The molecule has 2 aromatic rings.